The summed E-state index contributed by atoms with van der Waals surface area (Å²) in [6.45, 7) is 3.27. The summed E-state index contributed by atoms with van der Waals surface area (Å²) in [5.41, 5.74) is 7.96. The van der Waals surface area contributed by atoms with E-state index in [1.165, 1.54) is 5.56 Å². The lowest BCUT2D eigenvalue weighted by atomic mass is 10.1. The molecule has 1 unspecified atom stereocenters. The zero-order valence-corrected chi connectivity index (χ0v) is 10.7. The summed E-state index contributed by atoms with van der Waals surface area (Å²) in [6.07, 6.45) is 5.00. The largest absolute Gasteiger partial charge is 0.469 e. The molecule has 2 aromatic rings. The quantitative estimate of drug-likeness (QED) is 0.866. The first kappa shape index (κ1) is 12.7. The van der Waals surface area contributed by atoms with Crippen LogP contribution in [0.4, 0.5) is 0 Å². The average Bonchev–Trinajstić information content (AvgIpc) is 2.77. The molecule has 0 aliphatic carbocycles. The number of hydrogen-bond acceptors (Lipinski definition) is 5. The van der Waals surface area contributed by atoms with Crippen LogP contribution < -0.4 is 5.73 Å². The lowest BCUT2D eigenvalue weighted by Gasteiger charge is -2.26. The van der Waals surface area contributed by atoms with Gasteiger partial charge < -0.3 is 10.2 Å². The van der Waals surface area contributed by atoms with Crippen LogP contribution in [0.15, 0.2) is 35.3 Å². The second-order valence-corrected chi connectivity index (χ2v) is 4.30. The predicted molar refractivity (Wildman–Crippen MR) is 68.7 cm³/mol. The average molecular weight is 246 g/mol. The van der Waals surface area contributed by atoms with Gasteiger partial charge in [0.05, 0.1) is 18.0 Å². The zero-order valence-electron chi connectivity index (χ0n) is 10.7. The minimum absolute atomic E-state index is 0.0855. The maximum absolute atomic E-state index is 5.85. The second-order valence-electron chi connectivity index (χ2n) is 4.30. The van der Waals surface area contributed by atoms with Crippen molar-refractivity contribution < 1.29 is 4.42 Å². The monoisotopic (exact) mass is 246 g/mol. The summed E-state index contributed by atoms with van der Waals surface area (Å²) in [5.74, 6) is 0.945. The van der Waals surface area contributed by atoms with Crippen molar-refractivity contribution in [2.75, 3.05) is 13.6 Å². The first-order chi connectivity index (χ1) is 8.72. The van der Waals surface area contributed by atoms with Gasteiger partial charge in [-0.25, -0.2) is 9.97 Å². The Labute approximate surface area is 107 Å². The molecule has 0 fully saturated rings. The molecule has 0 saturated carbocycles. The van der Waals surface area contributed by atoms with E-state index >= 15 is 0 Å². The Hall–Kier alpha value is -1.72. The molecule has 0 bridgehead atoms. The van der Waals surface area contributed by atoms with Crippen molar-refractivity contribution in [3.8, 4) is 0 Å². The van der Waals surface area contributed by atoms with Gasteiger partial charge in [0.25, 0.3) is 0 Å². The summed E-state index contributed by atoms with van der Waals surface area (Å²) >= 11 is 0. The number of hydrogen-bond donors (Lipinski definition) is 1. The third-order valence-electron chi connectivity index (χ3n) is 3.09. The van der Waals surface area contributed by atoms with Crippen LogP contribution in [0.1, 0.15) is 23.1 Å². The molecule has 0 aliphatic rings. The lowest BCUT2D eigenvalue weighted by molar-refractivity contribution is 0.236. The molecule has 0 saturated heterocycles. The highest BCUT2D eigenvalue weighted by atomic mass is 16.3. The van der Waals surface area contributed by atoms with Crippen molar-refractivity contribution in [2.45, 2.75) is 19.5 Å². The summed E-state index contributed by atoms with van der Waals surface area (Å²) < 4.78 is 5.30. The van der Waals surface area contributed by atoms with E-state index in [4.69, 9.17) is 10.2 Å². The van der Waals surface area contributed by atoms with Crippen molar-refractivity contribution in [1.82, 2.24) is 14.9 Å². The third-order valence-corrected chi connectivity index (χ3v) is 3.09. The van der Waals surface area contributed by atoms with Crippen molar-refractivity contribution >= 4 is 0 Å². The van der Waals surface area contributed by atoms with E-state index in [9.17, 15) is 0 Å². The number of aryl methyl sites for hydroxylation is 1. The highest BCUT2D eigenvalue weighted by molar-refractivity contribution is 5.16. The Bertz CT molecular complexity index is 483. The summed E-state index contributed by atoms with van der Waals surface area (Å²) in [5, 5.41) is 0. The number of nitrogens with two attached hydrogens (primary N) is 1. The van der Waals surface area contributed by atoms with Crippen molar-refractivity contribution in [3.05, 3.63) is 47.9 Å². The number of furan rings is 1. The van der Waals surface area contributed by atoms with Crippen molar-refractivity contribution in [2.24, 2.45) is 5.73 Å². The van der Waals surface area contributed by atoms with Crippen LogP contribution in [0.25, 0.3) is 0 Å². The topological polar surface area (TPSA) is 68.2 Å². The first-order valence-corrected chi connectivity index (χ1v) is 5.91. The van der Waals surface area contributed by atoms with Crippen LogP contribution in [0.2, 0.25) is 0 Å². The molecule has 96 valence electrons. The standard InChI is InChI=1S/C13H18N4O/c1-10-11(4-6-18-10)8-17(2)13(7-14)12-3-5-15-9-16-12/h3-6,9,13H,7-8,14H2,1-2H3. The van der Waals surface area contributed by atoms with E-state index in [-0.39, 0.29) is 6.04 Å². The molecule has 2 aromatic heterocycles. The smallest absolute Gasteiger partial charge is 0.115 e. The van der Waals surface area contributed by atoms with Crippen molar-refractivity contribution in [3.63, 3.8) is 0 Å². The minimum Gasteiger partial charge on any atom is -0.469 e. The minimum atomic E-state index is 0.0855. The molecule has 0 amide bonds. The normalized spacial score (nSPS) is 12.9. The van der Waals surface area contributed by atoms with Crippen LogP contribution in [0.5, 0.6) is 0 Å². The highest BCUT2D eigenvalue weighted by Gasteiger charge is 2.17. The fraction of sp³-hybridized carbons (Fsp3) is 0.385. The third kappa shape index (κ3) is 2.75. The molecule has 1 atom stereocenters. The number of nitrogens with zero attached hydrogens (tertiary/aromatic N) is 3. The summed E-state index contributed by atoms with van der Waals surface area (Å²) in [6, 6.07) is 3.97. The van der Waals surface area contributed by atoms with E-state index in [0.29, 0.717) is 6.54 Å². The molecule has 2 heterocycles. The fourth-order valence-corrected chi connectivity index (χ4v) is 1.98. The lowest BCUT2D eigenvalue weighted by Crippen LogP contribution is -2.30. The SMILES string of the molecule is Cc1occc1CN(C)C(CN)c1ccncn1. The molecular weight excluding hydrogens is 228 g/mol. The summed E-state index contributed by atoms with van der Waals surface area (Å²) in [4.78, 5) is 10.4. The van der Waals surface area contributed by atoms with Gasteiger partial charge in [0.1, 0.15) is 12.1 Å². The number of likely N-dealkylation sites (N-methyl/N-ethyl adjacent to an activating group) is 1. The van der Waals surface area contributed by atoms with Gasteiger partial charge in [-0.1, -0.05) is 0 Å². The Morgan fingerprint density at radius 3 is 2.83 bits per heavy atom. The van der Waals surface area contributed by atoms with E-state index in [1.807, 2.05) is 26.1 Å². The molecule has 2 N–H and O–H groups in total. The van der Waals surface area contributed by atoms with Gasteiger partial charge in [0.2, 0.25) is 0 Å². The van der Waals surface area contributed by atoms with Crippen LogP contribution in [-0.4, -0.2) is 28.5 Å². The molecule has 0 spiro atoms. The van der Waals surface area contributed by atoms with Gasteiger partial charge in [0, 0.05) is 24.8 Å². The Balaban J connectivity index is 2.11. The maximum atomic E-state index is 5.85. The summed E-state index contributed by atoms with van der Waals surface area (Å²) in [7, 11) is 2.03. The Morgan fingerprint density at radius 1 is 1.44 bits per heavy atom. The number of rotatable bonds is 5. The molecule has 18 heavy (non-hydrogen) atoms. The van der Waals surface area contributed by atoms with E-state index in [0.717, 1.165) is 18.0 Å². The number of aromatic nitrogens is 2. The molecule has 5 heteroatoms. The Kier molecular flexibility index (Phi) is 4.07. The maximum Gasteiger partial charge on any atom is 0.115 e. The second kappa shape index (κ2) is 5.75. The van der Waals surface area contributed by atoms with Crippen LogP contribution in [-0.2, 0) is 6.54 Å². The van der Waals surface area contributed by atoms with E-state index in [1.54, 1.807) is 18.8 Å². The highest BCUT2D eigenvalue weighted by Crippen LogP contribution is 2.19. The molecule has 0 aromatic carbocycles. The van der Waals surface area contributed by atoms with Crippen LogP contribution in [0, 0.1) is 6.92 Å². The zero-order chi connectivity index (χ0) is 13.0. The molecule has 0 radical (unpaired) electrons. The fourth-order valence-electron chi connectivity index (χ4n) is 1.98. The molecule has 5 nitrogen and oxygen atoms in total. The van der Waals surface area contributed by atoms with Gasteiger partial charge in [0.15, 0.2) is 0 Å². The van der Waals surface area contributed by atoms with Crippen LogP contribution >= 0.6 is 0 Å². The van der Waals surface area contributed by atoms with Gasteiger partial charge in [-0.15, -0.1) is 0 Å². The van der Waals surface area contributed by atoms with Crippen LogP contribution in [0.3, 0.4) is 0 Å². The van der Waals surface area contributed by atoms with Gasteiger partial charge in [-0.3, -0.25) is 4.90 Å². The molecule has 0 aliphatic heterocycles. The Morgan fingerprint density at radius 2 is 2.28 bits per heavy atom. The van der Waals surface area contributed by atoms with Gasteiger partial charge in [-0.05, 0) is 26.1 Å². The van der Waals surface area contributed by atoms with E-state index < -0.39 is 0 Å². The van der Waals surface area contributed by atoms with Gasteiger partial charge >= 0.3 is 0 Å². The van der Waals surface area contributed by atoms with Gasteiger partial charge in [-0.2, -0.15) is 0 Å². The van der Waals surface area contributed by atoms with Crippen molar-refractivity contribution in [1.29, 1.82) is 0 Å². The van der Waals surface area contributed by atoms with E-state index in [2.05, 4.69) is 14.9 Å². The molecule has 2 rings (SSSR count). The first-order valence-electron chi connectivity index (χ1n) is 5.91. The predicted octanol–water partition coefficient (Wildman–Crippen LogP) is 1.51. The molecular formula is C13H18N4O.